The minimum atomic E-state index is -0.810. The zero-order valence-corrected chi connectivity index (χ0v) is 8.92. The van der Waals surface area contributed by atoms with Crippen LogP contribution in [-0.2, 0) is 14.3 Å². The van der Waals surface area contributed by atoms with Crippen LogP contribution in [0.25, 0.3) is 0 Å². The number of nitrogens with one attached hydrogen (secondary N) is 1. The summed E-state index contributed by atoms with van der Waals surface area (Å²) in [6.07, 6.45) is 2.95. The fourth-order valence-electron chi connectivity index (χ4n) is 1.90. The Labute approximate surface area is 84.0 Å². The molecule has 1 unspecified atom stereocenters. The summed E-state index contributed by atoms with van der Waals surface area (Å²) in [7, 11) is 1.21. The fraction of sp³-hybridized carbons (Fsp3) is 0.800. The summed E-state index contributed by atoms with van der Waals surface area (Å²) < 4.78 is 4.32. The predicted octanol–water partition coefficient (Wildman–Crippen LogP) is 0.854. The van der Waals surface area contributed by atoms with E-state index in [1.807, 2.05) is 0 Å². The van der Waals surface area contributed by atoms with Gasteiger partial charge in [0.15, 0.2) is 0 Å². The molecule has 0 heterocycles. The van der Waals surface area contributed by atoms with Gasteiger partial charge in [-0.15, -0.1) is 0 Å². The number of amides is 1. The first-order valence-corrected chi connectivity index (χ1v) is 4.83. The number of rotatable bonds is 1. The van der Waals surface area contributed by atoms with Crippen LogP contribution in [0.15, 0.2) is 0 Å². The Bertz CT molecular complexity index is 248. The largest absolute Gasteiger partial charge is 0.462 e. The molecule has 1 N–H and O–H groups in total. The van der Waals surface area contributed by atoms with Gasteiger partial charge in [-0.1, -0.05) is 13.8 Å². The zero-order chi connectivity index (χ0) is 10.8. The minimum Gasteiger partial charge on any atom is -0.462 e. The minimum absolute atomic E-state index is 0.122. The van der Waals surface area contributed by atoms with Crippen molar-refractivity contribution in [1.82, 2.24) is 5.32 Å². The number of esters is 1. The SMILES string of the molecule is COC(=O)C(=O)NC1CCC(C)(C)C1. The summed E-state index contributed by atoms with van der Waals surface area (Å²) in [5, 5.41) is 2.67. The molecule has 1 fully saturated rings. The Balaban J connectivity index is 2.40. The van der Waals surface area contributed by atoms with Crippen LogP contribution in [0.3, 0.4) is 0 Å². The lowest BCUT2D eigenvalue weighted by molar-refractivity contribution is -0.153. The van der Waals surface area contributed by atoms with Gasteiger partial charge in [-0.05, 0) is 24.7 Å². The fourth-order valence-corrected chi connectivity index (χ4v) is 1.90. The van der Waals surface area contributed by atoms with Crippen molar-refractivity contribution in [1.29, 1.82) is 0 Å². The molecule has 4 nitrogen and oxygen atoms in total. The number of ether oxygens (including phenoxy) is 1. The van der Waals surface area contributed by atoms with Crippen LogP contribution >= 0.6 is 0 Å². The van der Waals surface area contributed by atoms with Crippen molar-refractivity contribution in [2.24, 2.45) is 5.41 Å². The van der Waals surface area contributed by atoms with Crippen LogP contribution < -0.4 is 5.32 Å². The van der Waals surface area contributed by atoms with E-state index in [0.29, 0.717) is 0 Å². The van der Waals surface area contributed by atoms with Crippen molar-refractivity contribution in [3.63, 3.8) is 0 Å². The van der Waals surface area contributed by atoms with E-state index < -0.39 is 11.9 Å². The molecule has 0 aliphatic heterocycles. The lowest BCUT2D eigenvalue weighted by atomic mass is 9.92. The number of methoxy groups -OCH3 is 1. The Morgan fingerprint density at radius 2 is 2.07 bits per heavy atom. The molecule has 0 aromatic rings. The molecule has 1 saturated carbocycles. The Kier molecular flexibility index (Phi) is 3.13. The van der Waals surface area contributed by atoms with E-state index in [9.17, 15) is 9.59 Å². The number of hydrogen-bond acceptors (Lipinski definition) is 3. The molecule has 80 valence electrons. The molecule has 0 radical (unpaired) electrons. The highest BCUT2D eigenvalue weighted by atomic mass is 16.5. The first-order chi connectivity index (χ1) is 6.44. The van der Waals surface area contributed by atoms with Crippen LogP contribution in [0.4, 0.5) is 0 Å². The van der Waals surface area contributed by atoms with Gasteiger partial charge in [0.2, 0.25) is 0 Å². The van der Waals surface area contributed by atoms with Gasteiger partial charge in [0.25, 0.3) is 0 Å². The van der Waals surface area contributed by atoms with E-state index in [2.05, 4.69) is 23.9 Å². The number of hydrogen-bond donors (Lipinski definition) is 1. The highest BCUT2D eigenvalue weighted by Gasteiger charge is 2.32. The van der Waals surface area contributed by atoms with Crippen molar-refractivity contribution >= 4 is 11.9 Å². The van der Waals surface area contributed by atoms with Gasteiger partial charge < -0.3 is 10.1 Å². The molecule has 0 saturated heterocycles. The van der Waals surface area contributed by atoms with E-state index in [1.54, 1.807) is 0 Å². The molecule has 1 amide bonds. The molecule has 14 heavy (non-hydrogen) atoms. The smallest absolute Gasteiger partial charge is 0.396 e. The summed E-state index contributed by atoms with van der Waals surface area (Å²) >= 11 is 0. The number of carbonyl (C=O) groups excluding carboxylic acids is 2. The lowest BCUT2D eigenvalue weighted by Gasteiger charge is -2.17. The average molecular weight is 199 g/mol. The monoisotopic (exact) mass is 199 g/mol. The van der Waals surface area contributed by atoms with Gasteiger partial charge >= 0.3 is 11.9 Å². The van der Waals surface area contributed by atoms with Crippen LogP contribution in [0, 0.1) is 5.41 Å². The van der Waals surface area contributed by atoms with Gasteiger partial charge in [0.1, 0.15) is 0 Å². The summed E-state index contributed by atoms with van der Waals surface area (Å²) in [5.74, 6) is -1.44. The molecular formula is C10H17NO3. The highest BCUT2D eigenvalue weighted by molar-refractivity contribution is 6.32. The molecule has 0 spiro atoms. The van der Waals surface area contributed by atoms with Crippen molar-refractivity contribution in [2.75, 3.05) is 7.11 Å². The van der Waals surface area contributed by atoms with Gasteiger partial charge in [-0.3, -0.25) is 4.79 Å². The number of carbonyl (C=O) groups is 2. The second-order valence-corrected chi connectivity index (χ2v) is 4.57. The maximum atomic E-state index is 11.2. The summed E-state index contributed by atoms with van der Waals surface area (Å²) in [6, 6.07) is 0.122. The highest BCUT2D eigenvalue weighted by Crippen LogP contribution is 2.36. The van der Waals surface area contributed by atoms with Crippen LogP contribution in [-0.4, -0.2) is 25.0 Å². The van der Waals surface area contributed by atoms with E-state index in [4.69, 9.17) is 0 Å². The second-order valence-electron chi connectivity index (χ2n) is 4.57. The van der Waals surface area contributed by atoms with Crippen LogP contribution in [0.5, 0.6) is 0 Å². The summed E-state index contributed by atoms with van der Waals surface area (Å²) in [5.41, 5.74) is 0.272. The normalized spacial score (nSPS) is 24.4. The topological polar surface area (TPSA) is 55.4 Å². The molecule has 1 aliphatic carbocycles. The second kappa shape index (κ2) is 3.98. The molecule has 0 aromatic heterocycles. The quantitative estimate of drug-likeness (QED) is 0.503. The lowest BCUT2D eigenvalue weighted by Crippen LogP contribution is -2.38. The molecular weight excluding hydrogens is 182 g/mol. The Hall–Kier alpha value is -1.06. The average Bonchev–Trinajstić information content (AvgIpc) is 2.44. The molecule has 1 rings (SSSR count). The van der Waals surface area contributed by atoms with E-state index in [1.165, 1.54) is 7.11 Å². The first kappa shape index (κ1) is 11.0. The molecule has 1 atom stereocenters. The van der Waals surface area contributed by atoms with Crippen molar-refractivity contribution in [3.8, 4) is 0 Å². The Morgan fingerprint density at radius 3 is 2.50 bits per heavy atom. The molecule has 0 bridgehead atoms. The predicted molar refractivity (Wildman–Crippen MR) is 51.6 cm³/mol. The van der Waals surface area contributed by atoms with E-state index in [-0.39, 0.29) is 11.5 Å². The van der Waals surface area contributed by atoms with E-state index in [0.717, 1.165) is 19.3 Å². The Morgan fingerprint density at radius 1 is 1.43 bits per heavy atom. The molecule has 0 aromatic carbocycles. The van der Waals surface area contributed by atoms with Gasteiger partial charge in [-0.25, -0.2) is 4.79 Å². The third kappa shape index (κ3) is 2.72. The van der Waals surface area contributed by atoms with Gasteiger partial charge in [0.05, 0.1) is 7.11 Å². The van der Waals surface area contributed by atoms with Crippen molar-refractivity contribution < 1.29 is 14.3 Å². The van der Waals surface area contributed by atoms with Gasteiger partial charge in [-0.2, -0.15) is 0 Å². The van der Waals surface area contributed by atoms with Gasteiger partial charge in [0, 0.05) is 6.04 Å². The maximum absolute atomic E-state index is 11.2. The van der Waals surface area contributed by atoms with Crippen molar-refractivity contribution in [3.05, 3.63) is 0 Å². The van der Waals surface area contributed by atoms with Crippen LogP contribution in [0.2, 0.25) is 0 Å². The maximum Gasteiger partial charge on any atom is 0.396 e. The molecule has 1 aliphatic rings. The first-order valence-electron chi connectivity index (χ1n) is 4.83. The third-order valence-electron chi connectivity index (χ3n) is 2.67. The molecule has 4 heteroatoms. The van der Waals surface area contributed by atoms with E-state index >= 15 is 0 Å². The standard InChI is InChI=1S/C10H17NO3/c1-10(2)5-4-7(6-10)11-8(12)9(13)14-3/h7H,4-6H2,1-3H3,(H,11,12). The third-order valence-corrected chi connectivity index (χ3v) is 2.67. The van der Waals surface area contributed by atoms with Crippen molar-refractivity contribution in [2.45, 2.75) is 39.2 Å². The summed E-state index contributed by atoms with van der Waals surface area (Å²) in [6.45, 7) is 4.33. The van der Waals surface area contributed by atoms with Crippen LogP contribution in [0.1, 0.15) is 33.1 Å². The summed E-state index contributed by atoms with van der Waals surface area (Å²) in [4.78, 5) is 22.0. The zero-order valence-electron chi connectivity index (χ0n) is 8.92.